The average Bonchev–Trinajstić information content (AvgIpc) is 3.14. The van der Waals surface area contributed by atoms with Gasteiger partial charge in [-0.2, -0.15) is 0 Å². The molecule has 1 saturated carbocycles. The minimum Gasteiger partial charge on any atom is -0.329 e. The van der Waals surface area contributed by atoms with E-state index < -0.39 is 40.9 Å². The Hall–Kier alpha value is -3.08. The predicted octanol–water partition coefficient (Wildman–Crippen LogP) is -0.531. The molecule has 0 atom stereocenters. The van der Waals surface area contributed by atoms with Crippen LogP contribution >= 0.6 is 0 Å². The lowest BCUT2D eigenvalue weighted by molar-refractivity contribution is -0.222. The van der Waals surface area contributed by atoms with Gasteiger partial charge in [0.05, 0.1) is 13.2 Å². The van der Waals surface area contributed by atoms with Gasteiger partial charge in [-0.15, -0.1) is 5.06 Å². The van der Waals surface area contributed by atoms with Gasteiger partial charge in [0, 0.05) is 31.5 Å². The number of amides is 5. The maximum Gasteiger partial charge on any atom is 0.348 e. The highest BCUT2D eigenvalue weighted by atomic mass is 16.7. The largest absolute Gasteiger partial charge is 0.348 e. The third-order valence-corrected chi connectivity index (χ3v) is 5.16. The second-order valence-electron chi connectivity index (χ2n) is 6.89. The minimum absolute atomic E-state index is 0.0416. The molecule has 0 aromatic rings. The van der Waals surface area contributed by atoms with Crippen LogP contribution in [0.4, 0.5) is 0 Å². The van der Waals surface area contributed by atoms with Crippen molar-refractivity contribution in [2.45, 2.75) is 39.0 Å². The fraction of sp³-hybridized carbons (Fsp3) is 0.556. The Labute approximate surface area is 166 Å². The summed E-state index contributed by atoms with van der Waals surface area (Å²) in [5.74, 6) is -3.79. The SMILES string of the molecule is CCN(OCCN1C(=O)C=CC1=O)C(=O)C1(C(=O)ON2C(=O)CCC2=O)CCC1. The van der Waals surface area contributed by atoms with Crippen LogP contribution < -0.4 is 0 Å². The standard InChI is InChI=1S/C18H21N3O8/c1-2-20(28-11-10-19-12(22)4-5-13(19)23)16(26)18(8-3-9-18)17(27)29-21-14(24)6-7-15(21)25/h4-5H,2-3,6-11H2,1H3. The Balaban J connectivity index is 1.61. The summed E-state index contributed by atoms with van der Waals surface area (Å²) in [5.41, 5.74) is -1.53. The molecule has 0 spiro atoms. The zero-order valence-electron chi connectivity index (χ0n) is 15.9. The Bertz CT molecular complexity index is 767. The highest BCUT2D eigenvalue weighted by Crippen LogP contribution is 2.44. The molecule has 29 heavy (non-hydrogen) atoms. The van der Waals surface area contributed by atoms with Crippen molar-refractivity contribution in [1.29, 1.82) is 0 Å². The molecule has 0 aromatic heterocycles. The number of hydrogen-bond donors (Lipinski definition) is 0. The van der Waals surface area contributed by atoms with Gasteiger partial charge in [-0.05, 0) is 19.8 Å². The molecule has 0 bridgehead atoms. The van der Waals surface area contributed by atoms with Crippen molar-refractivity contribution < 1.29 is 38.4 Å². The summed E-state index contributed by atoms with van der Waals surface area (Å²) in [6, 6.07) is 0. The zero-order chi connectivity index (χ0) is 21.2. The molecule has 11 heteroatoms. The van der Waals surface area contributed by atoms with E-state index in [9.17, 15) is 28.8 Å². The topological polar surface area (TPSA) is 131 Å². The molecule has 5 amide bonds. The Morgan fingerprint density at radius 1 is 1.07 bits per heavy atom. The van der Waals surface area contributed by atoms with Gasteiger partial charge < -0.3 is 4.84 Å². The van der Waals surface area contributed by atoms with Crippen molar-refractivity contribution in [1.82, 2.24) is 15.0 Å². The second-order valence-corrected chi connectivity index (χ2v) is 6.89. The van der Waals surface area contributed by atoms with Crippen LogP contribution in [0.25, 0.3) is 0 Å². The lowest BCUT2D eigenvalue weighted by Crippen LogP contribution is -2.55. The maximum atomic E-state index is 13.0. The molecule has 1 saturated heterocycles. The van der Waals surface area contributed by atoms with Crippen LogP contribution in [0.5, 0.6) is 0 Å². The van der Waals surface area contributed by atoms with E-state index in [0.717, 1.165) is 22.1 Å². The molecular weight excluding hydrogens is 386 g/mol. The molecule has 2 heterocycles. The van der Waals surface area contributed by atoms with Gasteiger partial charge in [0.15, 0.2) is 5.41 Å². The number of hydrogen-bond acceptors (Lipinski definition) is 8. The number of carbonyl (C=O) groups excluding carboxylic acids is 6. The molecule has 2 fully saturated rings. The molecule has 11 nitrogen and oxygen atoms in total. The summed E-state index contributed by atoms with van der Waals surface area (Å²) in [7, 11) is 0. The first kappa shape index (κ1) is 20.6. The van der Waals surface area contributed by atoms with Crippen LogP contribution in [0.3, 0.4) is 0 Å². The lowest BCUT2D eigenvalue weighted by atomic mass is 9.68. The molecule has 0 N–H and O–H groups in total. The highest BCUT2D eigenvalue weighted by Gasteiger charge is 2.56. The second kappa shape index (κ2) is 8.11. The summed E-state index contributed by atoms with van der Waals surface area (Å²) in [6.07, 6.45) is 3.21. The van der Waals surface area contributed by atoms with Gasteiger partial charge in [-0.25, -0.2) is 9.86 Å². The molecule has 1 aliphatic carbocycles. The van der Waals surface area contributed by atoms with Gasteiger partial charge in [0.2, 0.25) is 0 Å². The van der Waals surface area contributed by atoms with Gasteiger partial charge >= 0.3 is 5.97 Å². The monoisotopic (exact) mass is 407 g/mol. The quantitative estimate of drug-likeness (QED) is 0.298. The molecule has 3 aliphatic rings. The first-order valence-corrected chi connectivity index (χ1v) is 9.37. The van der Waals surface area contributed by atoms with Crippen molar-refractivity contribution in [3.05, 3.63) is 12.2 Å². The Morgan fingerprint density at radius 2 is 1.66 bits per heavy atom. The fourth-order valence-electron chi connectivity index (χ4n) is 3.29. The van der Waals surface area contributed by atoms with Crippen LogP contribution in [-0.2, 0) is 38.4 Å². The maximum absolute atomic E-state index is 13.0. The van der Waals surface area contributed by atoms with E-state index in [0.29, 0.717) is 11.5 Å². The van der Waals surface area contributed by atoms with E-state index in [1.54, 1.807) is 6.92 Å². The summed E-state index contributed by atoms with van der Waals surface area (Å²) in [6.45, 7) is 1.56. The van der Waals surface area contributed by atoms with E-state index in [4.69, 9.17) is 9.68 Å². The fourth-order valence-corrected chi connectivity index (χ4v) is 3.29. The molecule has 0 aromatic carbocycles. The van der Waals surface area contributed by atoms with Gasteiger partial charge in [0.1, 0.15) is 0 Å². The Kier molecular flexibility index (Phi) is 5.78. The Morgan fingerprint density at radius 3 is 2.14 bits per heavy atom. The summed E-state index contributed by atoms with van der Waals surface area (Å²) >= 11 is 0. The first-order chi connectivity index (χ1) is 13.8. The van der Waals surface area contributed by atoms with Crippen LogP contribution in [0.1, 0.15) is 39.0 Å². The van der Waals surface area contributed by atoms with Crippen LogP contribution in [0.15, 0.2) is 12.2 Å². The number of imide groups is 2. The molecule has 2 aliphatic heterocycles. The summed E-state index contributed by atoms with van der Waals surface area (Å²) in [4.78, 5) is 83.4. The van der Waals surface area contributed by atoms with Crippen molar-refractivity contribution >= 4 is 35.5 Å². The van der Waals surface area contributed by atoms with E-state index in [2.05, 4.69) is 0 Å². The number of rotatable bonds is 8. The van der Waals surface area contributed by atoms with E-state index in [1.165, 1.54) is 0 Å². The number of hydroxylamine groups is 4. The third-order valence-electron chi connectivity index (χ3n) is 5.16. The predicted molar refractivity (Wildman–Crippen MR) is 92.7 cm³/mol. The van der Waals surface area contributed by atoms with E-state index in [-0.39, 0.29) is 45.4 Å². The molecule has 0 radical (unpaired) electrons. The van der Waals surface area contributed by atoms with Crippen molar-refractivity contribution in [2.24, 2.45) is 5.41 Å². The van der Waals surface area contributed by atoms with E-state index >= 15 is 0 Å². The summed E-state index contributed by atoms with van der Waals surface area (Å²) in [5, 5.41) is 1.40. The van der Waals surface area contributed by atoms with Gasteiger partial charge in [-0.1, -0.05) is 6.42 Å². The van der Waals surface area contributed by atoms with Crippen LogP contribution in [-0.4, -0.2) is 70.2 Å². The normalized spacial score (nSPS) is 20.3. The third kappa shape index (κ3) is 3.77. The number of carbonyl (C=O) groups is 6. The summed E-state index contributed by atoms with van der Waals surface area (Å²) < 4.78 is 0. The first-order valence-electron chi connectivity index (χ1n) is 9.37. The smallest absolute Gasteiger partial charge is 0.329 e. The average molecular weight is 407 g/mol. The molecule has 156 valence electrons. The van der Waals surface area contributed by atoms with Gasteiger partial charge in [0.25, 0.3) is 29.5 Å². The highest BCUT2D eigenvalue weighted by molar-refractivity contribution is 6.12. The van der Waals surface area contributed by atoms with Crippen molar-refractivity contribution in [3.8, 4) is 0 Å². The molecule has 0 unspecified atom stereocenters. The molecule has 3 rings (SSSR count). The minimum atomic E-state index is -1.53. The van der Waals surface area contributed by atoms with Crippen LogP contribution in [0.2, 0.25) is 0 Å². The zero-order valence-corrected chi connectivity index (χ0v) is 15.9. The van der Waals surface area contributed by atoms with Crippen molar-refractivity contribution in [2.75, 3.05) is 19.7 Å². The van der Waals surface area contributed by atoms with Gasteiger partial charge in [-0.3, -0.25) is 33.7 Å². The van der Waals surface area contributed by atoms with Crippen molar-refractivity contribution in [3.63, 3.8) is 0 Å². The number of nitrogens with zero attached hydrogens (tertiary/aromatic N) is 3. The molecular formula is C18H21N3O8. The van der Waals surface area contributed by atoms with E-state index in [1.807, 2.05) is 0 Å². The lowest BCUT2D eigenvalue weighted by Gasteiger charge is -2.40. The van der Waals surface area contributed by atoms with Crippen LogP contribution in [0, 0.1) is 5.41 Å².